The van der Waals surface area contributed by atoms with Crippen molar-refractivity contribution in [1.82, 2.24) is 10.6 Å². The molecule has 0 radical (unpaired) electrons. The van der Waals surface area contributed by atoms with Crippen molar-refractivity contribution in [3.05, 3.63) is 36.1 Å². The summed E-state index contributed by atoms with van der Waals surface area (Å²) in [6, 6.07) is 7.91. The largest absolute Gasteiger partial charge is 0.464 e. The van der Waals surface area contributed by atoms with E-state index in [2.05, 4.69) is 10.6 Å². The van der Waals surface area contributed by atoms with Crippen LogP contribution in [0.2, 0.25) is 0 Å². The van der Waals surface area contributed by atoms with Crippen LogP contribution in [0.4, 0.5) is 0 Å². The first kappa shape index (κ1) is 11.7. The number of rotatable bonds is 5. The number of carbonyl (C=O) groups is 1. The van der Waals surface area contributed by atoms with Crippen molar-refractivity contribution in [2.45, 2.75) is 6.42 Å². The van der Waals surface area contributed by atoms with E-state index in [-0.39, 0.29) is 5.91 Å². The lowest BCUT2D eigenvalue weighted by Gasteiger charge is -2.03. The van der Waals surface area contributed by atoms with Crippen molar-refractivity contribution >= 4 is 16.9 Å². The summed E-state index contributed by atoms with van der Waals surface area (Å²) in [6.45, 7) is 0.982. The minimum Gasteiger partial charge on any atom is -0.464 e. The van der Waals surface area contributed by atoms with Crippen LogP contribution in [-0.2, 0) is 11.2 Å². The highest BCUT2D eigenvalue weighted by Crippen LogP contribution is 2.20. The number of nitrogens with one attached hydrogen (secondary N) is 2. The van der Waals surface area contributed by atoms with Crippen LogP contribution in [0.15, 0.2) is 34.9 Å². The molecule has 1 aromatic carbocycles. The smallest absolute Gasteiger partial charge is 0.233 e. The first-order chi connectivity index (χ1) is 8.31. The summed E-state index contributed by atoms with van der Waals surface area (Å²) in [6.07, 6.45) is 2.54. The van der Waals surface area contributed by atoms with Crippen LogP contribution in [0.3, 0.4) is 0 Å². The van der Waals surface area contributed by atoms with E-state index in [1.54, 1.807) is 13.3 Å². The van der Waals surface area contributed by atoms with Gasteiger partial charge < -0.3 is 15.1 Å². The van der Waals surface area contributed by atoms with Crippen molar-refractivity contribution < 1.29 is 9.21 Å². The van der Waals surface area contributed by atoms with Crippen LogP contribution in [0.5, 0.6) is 0 Å². The quantitative estimate of drug-likeness (QED) is 0.817. The van der Waals surface area contributed by atoms with Crippen LogP contribution in [0, 0.1) is 0 Å². The molecule has 0 saturated carbocycles. The number of amides is 1. The molecule has 0 aliphatic heterocycles. The third kappa shape index (κ3) is 2.85. The number of carbonyl (C=O) groups excluding carboxylic acids is 1. The minimum absolute atomic E-state index is 0.0142. The summed E-state index contributed by atoms with van der Waals surface area (Å²) in [5, 5.41) is 6.77. The molecule has 0 bridgehead atoms. The van der Waals surface area contributed by atoms with Gasteiger partial charge in [-0.1, -0.05) is 18.2 Å². The Kier molecular flexibility index (Phi) is 3.77. The van der Waals surface area contributed by atoms with Gasteiger partial charge in [0.25, 0.3) is 0 Å². The average Bonchev–Trinajstić information content (AvgIpc) is 2.73. The van der Waals surface area contributed by atoms with Gasteiger partial charge in [0.1, 0.15) is 5.58 Å². The maximum Gasteiger partial charge on any atom is 0.233 e. The van der Waals surface area contributed by atoms with Crippen molar-refractivity contribution in [1.29, 1.82) is 0 Å². The topological polar surface area (TPSA) is 54.3 Å². The zero-order valence-corrected chi connectivity index (χ0v) is 9.82. The van der Waals surface area contributed by atoms with Gasteiger partial charge in [-0.15, -0.1) is 0 Å². The van der Waals surface area contributed by atoms with Crippen molar-refractivity contribution in [3.8, 4) is 0 Å². The fourth-order valence-electron chi connectivity index (χ4n) is 1.79. The molecule has 2 aromatic rings. The fraction of sp³-hybridized carbons (Fsp3) is 0.308. The van der Waals surface area contributed by atoms with Gasteiger partial charge in [-0.3, -0.25) is 4.79 Å². The zero-order valence-electron chi connectivity index (χ0n) is 9.82. The summed E-state index contributed by atoms with van der Waals surface area (Å²) in [7, 11) is 1.75. The van der Waals surface area contributed by atoms with E-state index in [9.17, 15) is 4.79 Å². The number of likely N-dealkylation sites (N-methyl/N-ethyl adjacent to an activating group) is 1. The molecule has 90 valence electrons. The maximum absolute atomic E-state index is 11.2. The molecular weight excluding hydrogens is 216 g/mol. The van der Waals surface area contributed by atoms with E-state index in [0.29, 0.717) is 13.1 Å². The predicted molar refractivity (Wildman–Crippen MR) is 66.9 cm³/mol. The first-order valence-electron chi connectivity index (χ1n) is 5.67. The maximum atomic E-state index is 11.2. The van der Waals surface area contributed by atoms with E-state index in [1.807, 2.05) is 24.3 Å². The molecule has 1 amide bonds. The molecule has 4 nitrogen and oxygen atoms in total. The Balaban J connectivity index is 1.93. The molecule has 2 N–H and O–H groups in total. The van der Waals surface area contributed by atoms with E-state index in [4.69, 9.17) is 4.42 Å². The highest BCUT2D eigenvalue weighted by Gasteiger charge is 2.05. The molecule has 0 unspecified atom stereocenters. The van der Waals surface area contributed by atoms with Gasteiger partial charge in [0.05, 0.1) is 12.8 Å². The second-order valence-corrected chi connectivity index (χ2v) is 3.89. The Bertz CT molecular complexity index is 505. The van der Waals surface area contributed by atoms with Crippen LogP contribution < -0.4 is 10.6 Å². The second kappa shape index (κ2) is 5.50. The van der Waals surface area contributed by atoms with Crippen molar-refractivity contribution in [2.75, 3.05) is 20.1 Å². The number of para-hydroxylation sites is 1. The summed E-state index contributed by atoms with van der Waals surface area (Å²) in [5.41, 5.74) is 2.02. The molecule has 0 spiro atoms. The molecule has 1 aromatic heterocycles. The molecule has 0 saturated heterocycles. The first-order valence-corrected chi connectivity index (χ1v) is 5.67. The number of hydrogen-bond donors (Lipinski definition) is 2. The lowest BCUT2D eigenvalue weighted by atomic mass is 10.1. The normalized spacial score (nSPS) is 10.6. The Hall–Kier alpha value is -1.81. The van der Waals surface area contributed by atoms with E-state index < -0.39 is 0 Å². The Morgan fingerprint density at radius 2 is 2.18 bits per heavy atom. The van der Waals surface area contributed by atoms with Gasteiger partial charge in [0.2, 0.25) is 5.91 Å². The van der Waals surface area contributed by atoms with Crippen LogP contribution in [0.25, 0.3) is 11.0 Å². The molecule has 1 heterocycles. The molecule has 4 heteroatoms. The third-order valence-electron chi connectivity index (χ3n) is 2.62. The summed E-state index contributed by atoms with van der Waals surface area (Å²) >= 11 is 0. The number of hydrogen-bond acceptors (Lipinski definition) is 3. The predicted octanol–water partition coefficient (Wildman–Crippen LogP) is 1.31. The Morgan fingerprint density at radius 3 is 3.00 bits per heavy atom. The second-order valence-electron chi connectivity index (χ2n) is 3.89. The number of fused-ring (bicyclic) bond motifs is 1. The van der Waals surface area contributed by atoms with Crippen molar-refractivity contribution in [3.63, 3.8) is 0 Å². The van der Waals surface area contributed by atoms with Crippen LogP contribution in [-0.4, -0.2) is 26.0 Å². The summed E-state index contributed by atoms with van der Waals surface area (Å²) in [4.78, 5) is 11.2. The van der Waals surface area contributed by atoms with Gasteiger partial charge in [0, 0.05) is 11.9 Å². The fourth-order valence-corrected chi connectivity index (χ4v) is 1.79. The Labute approximate surface area is 100.0 Å². The number of benzene rings is 1. The number of furan rings is 1. The third-order valence-corrected chi connectivity index (χ3v) is 2.62. The highest BCUT2D eigenvalue weighted by atomic mass is 16.3. The van der Waals surface area contributed by atoms with E-state index in [0.717, 1.165) is 23.0 Å². The van der Waals surface area contributed by atoms with Gasteiger partial charge in [-0.2, -0.15) is 0 Å². The average molecular weight is 232 g/mol. The SMILES string of the molecule is CNCC(=O)NCCc1coc2ccccc12. The molecular formula is C13H16N2O2. The molecule has 2 rings (SSSR count). The Morgan fingerprint density at radius 1 is 1.35 bits per heavy atom. The van der Waals surface area contributed by atoms with Gasteiger partial charge >= 0.3 is 0 Å². The lowest BCUT2D eigenvalue weighted by molar-refractivity contribution is -0.120. The van der Waals surface area contributed by atoms with Crippen LogP contribution in [0.1, 0.15) is 5.56 Å². The van der Waals surface area contributed by atoms with Gasteiger partial charge in [0.15, 0.2) is 0 Å². The molecule has 0 aliphatic rings. The van der Waals surface area contributed by atoms with Gasteiger partial charge in [-0.05, 0) is 25.1 Å². The zero-order chi connectivity index (χ0) is 12.1. The minimum atomic E-state index is 0.0142. The molecule has 0 aliphatic carbocycles. The van der Waals surface area contributed by atoms with E-state index >= 15 is 0 Å². The van der Waals surface area contributed by atoms with Crippen LogP contribution >= 0.6 is 0 Å². The summed E-state index contributed by atoms with van der Waals surface area (Å²) in [5.74, 6) is 0.0142. The van der Waals surface area contributed by atoms with Crippen molar-refractivity contribution in [2.24, 2.45) is 0 Å². The van der Waals surface area contributed by atoms with E-state index in [1.165, 1.54) is 0 Å². The molecule has 0 fully saturated rings. The molecule has 17 heavy (non-hydrogen) atoms. The molecule has 0 atom stereocenters. The lowest BCUT2D eigenvalue weighted by Crippen LogP contribution is -2.33. The standard InChI is InChI=1S/C13H16N2O2/c1-14-8-13(16)15-7-6-10-9-17-12-5-3-2-4-11(10)12/h2-5,9,14H,6-8H2,1H3,(H,15,16). The monoisotopic (exact) mass is 232 g/mol. The summed E-state index contributed by atoms with van der Waals surface area (Å²) < 4.78 is 5.43. The van der Waals surface area contributed by atoms with Gasteiger partial charge in [-0.25, -0.2) is 0 Å². The highest BCUT2D eigenvalue weighted by molar-refractivity contribution is 5.81.